The van der Waals surface area contributed by atoms with Crippen LogP contribution in [0.2, 0.25) is 0 Å². The van der Waals surface area contributed by atoms with Crippen molar-refractivity contribution in [3.8, 4) is 23.1 Å². The van der Waals surface area contributed by atoms with Gasteiger partial charge in [0.2, 0.25) is 0 Å². The molecule has 4 rings (SSSR count). The summed E-state index contributed by atoms with van der Waals surface area (Å²) in [6, 6.07) is 24.3. The molecule has 0 radical (unpaired) electrons. The van der Waals surface area contributed by atoms with E-state index in [9.17, 15) is 5.26 Å². The number of rotatable bonds is 12. The normalized spacial score (nSPS) is 13.6. The highest BCUT2D eigenvalue weighted by molar-refractivity contribution is 5.85. The van der Waals surface area contributed by atoms with Crippen LogP contribution >= 0.6 is 0 Å². The highest BCUT2D eigenvalue weighted by Gasteiger charge is 2.42. The van der Waals surface area contributed by atoms with Gasteiger partial charge in [0.25, 0.3) is 0 Å². The molecule has 4 aromatic rings. The Balaban J connectivity index is 2.15. The van der Waals surface area contributed by atoms with E-state index in [4.69, 9.17) is 4.98 Å². The maximum absolute atomic E-state index is 10.0. The van der Waals surface area contributed by atoms with E-state index in [0.29, 0.717) is 11.8 Å². The van der Waals surface area contributed by atoms with Gasteiger partial charge >= 0.3 is 0 Å². The van der Waals surface area contributed by atoms with Crippen LogP contribution in [0.3, 0.4) is 0 Å². The van der Waals surface area contributed by atoms with Gasteiger partial charge in [0, 0.05) is 5.56 Å². The molecule has 1 atom stereocenters. The highest BCUT2D eigenvalue weighted by Crippen LogP contribution is 2.51. The van der Waals surface area contributed by atoms with Gasteiger partial charge in [-0.15, -0.1) is 0 Å². The fourth-order valence-corrected chi connectivity index (χ4v) is 7.13. The molecule has 3 heteroatoms. The molecule has 0 aliphatic rings. The summed E-state index contributed by atoms with van der Waals surface area (Å²) in [6.07, 6.45) is 6.38. The molecule has 3 nitrogen and oxygen atoms in total. The van der Waals surface area contributed by atoms with E-state index in [-0.39, 0.29) is 10.8 Å². The molecule has 222 valence electrons. The van der Waals surface area contributed by atoms with E-state index in [2.05, 4.69) is 134 Å². The maximum atomic E-state index is 10.0. The fourth-order valence-electron chi connectivity index (χ4n) is 7.13. The number of benzene rings is 3. The zero-order valence-electron chi connectivity index (χ0n) is 27.5. The van der Waals surface area contributed by atoms with E-state index < -0.39 is 0 Å². The van der Waals surface area contributed by atoms with Crippen LogP contribution in [0.4, 0.5) is 0 Å². The van der Waals surface area contributed by atoms with Crippen molar-refractivity contribution in [3.63, 3.8) is 0 Å². The Morgan fingerprint density at radius 1 is 0.810 bits per heavy atom. The first-order chi connectivity index (χ1) is 20.0. The maximum Gasteiger partial charge on any atom is 0.146 e. The summed E-state index contributed by atoms with van der Waals surface area (Å²) in [5.74, 6) is 1.91. The van der Waals surface area contributed by atoms with Crippen LogP contribution in [0.1, 0.15) is 110 Å². The van der Waals surface area contributed by atoms with E-state index in [0.717, 1.165) is 54.5 Å². The molecule has 0 bridgehead atoms. The van der Waals surface area contributed by atoms with Crippen LogP contribution in [-0.2, 0) is 18.3 Å². The van der Waals surface area contributed by atoms with Gasteiger partial charge in [-0.1, -0.05) is 112 Å². The second kappa shape index (κ2) is 12.9. The lowest BCUT2D eigenvalue weighted by molar-refractivity contribution is 0.148. The molecular weight excluding hydrogens is 510 g/mol. The highest BCUT2D eigenvalue weighted by atomic mass is 15.1. The third kappa shape index (κ3) is 6.05. The standard InChI is InChI=1S/C39H51N3/c1-10-20-38(7,8)39(9,21-11-2)33-17-13-12-16-32(33)37-41-34-18-14-15-19-35(34)42(37)36-30(22-27(3)4)24-29(26-40)25-31(36)23-28(5)6/h12-19,24-25,27-28H,10-11,20-23H2,1-9H3. The lowest BCUT2D eigenvalue weighted by Gasteiger charge is -2.46. The van der Waals surface area contributed by atoms with Gasteiger partial charge in [0.1, 0.15) is 5.82 Å². The van der Waals surface area contributed by atoms with E-state index in [1.807, 2.05) is 0 Å². The summed E-state index contributed by atoms with van der Waals surface area (Å²) in [4.78, 5) is 5.40. The number of imidazole rings is 1. The zero-order valence-corrected chi connectivity index (χ0v) is 27.5. The molecule has 0 fully saturated rings. The number of nitrogens with zero attached hydrogens (tertiary/aromatic N) is 3. The first-order valence-electron chi connectivity index (χ1n) is 16.1. The summed E-state index contributed by atoms with van der Waals surface area (Å²) in [6.45, 7) is 21.1. The van der Waals surface area contributed by atoms with Crippen molar-refractivity contribution in [2.75, 3.05) is 0 Å². The second-order valence-electron chi connectivity index (χ2n) is 14.0. The Morgan fingerprint density at radius 2 is 1.38 bits per heavy atom. The van der Waals surface area contributed by atoms with Gasteiger partial charge in [-0.2, -0.15) is 5.26 Å². The number of para-hydroxylation sites is 2. The summed E-state index contributed by atoms with van der Waals surface area (Å²) in [5.41, 5.74) is 9.21. The van der Waals surface area contributed by atoms with Crippen molar-refractivity contribution in [2.45, 2.75) is 106 Å². The van der Waals surface area contributed by atoms with Crippen molar-refractivity contribution in [2.24, 2.45) is 17.3 Å². The van der Waals surface area contributed by atoms with Gasteiger partial charge < -0.3 is 0 Å². The predicted molar refractivity (Wildman–Crippen MR) is 179 cm³/mol. The average molecular weight is 562 g/mol. The average Bonchev–Trinajstić information content (AvgIpc) is 3.31. The smallest absolute Gasteiger partial charge is 0.146 e. The van der Waals surface area contributed by atoms with Crippen LogP contribution in [0.15, 0.2) is 60.7 Å². The molecule has 0 saturated carbocycles. The minimum atomic E-state index is -0.0243. The quantitative estimate of drug-likeness (QED) is 0.173. The molecule has 0 aliphatic carbocycles. The Labute approximate surface area is 255 Å². The van der Waals surface area contributed by atoms with E-state index in [1.165, 1.54) is 34.4 Å². The molecule has 1 heterocycles. The largest absolute Gasteiger partial charge is 0.292 e. The number of fused-ring (bicyclic) bond motifs is 1. The van der Waals surface area contributed by atoms with Gasteiger partial charge in [0.05, 0.1) is 28.4 Å². The monoisotopic (exact) mass is 561 g/mol. The molecule has 1 unspecified atom stereocenters. The molecule has 1 aromatic heterocycles. The minimum Gasteiger partial charge on any atom is -0.292 e. The van der Waals surface area contributed by atoms with Crippen molar-refractivity contribution in [1.82, 2.24) is 9.55 Å². The fraction of sp³-hybridized carbons (Fsp3) is 0.487. The van der Waals surface area contributed by atoms with Crippen LogP contribution < -0.4 is 0 Å². The molecule has 0 saturated heterocycles. The summed E-state index contributed by atoms with van der Waals surface area (Å²) >= 11 is 0. The van der Waals surface area contributed by atoms with Crippen LogP contribution in [0.5, 0.6) is 0 Å². The SMILES string of the molecule is CCCC(C)(C)C(C)(CCC)c1ccccc1-c1nc2ccccc2n1-c1c(CC(C)C)cc(C#N)cc1CC(C)C. The number of hydrogen-bond acceptors (Lipinski definition) is 2. The number of aromatic nitrogens is 2. The van der Waals surface area contributed by atoms with Gasteiger partial charge in [0.15, 0.2) is 0 Å². The van der Waals surface area contributed by atoms with Crippen molar-refractivity contribution >= 4 is 11.0 Å². The minimum absolute atomic E-state index is 0.0243. The van der Waals surface area contributed by atoms with E-state index in [1.54, 1.807) is 0 Å². The molecule has 0 aliphatic heterocycles. The Bertz CT molecular complexity index is 1530. The number of nitriles is 1. The third-order valence-electron chi connectivity index (χ3n) is 9.32. The Kier molecular flexibility index (Phi) is 9.67. The third-order valence-corrected chi connectivity index (χ3v) is 9.32. The van der Waals surface area contributed by atoms with Gasteiger partial charge in [-0.25, -0.2) is 4.98 Å². The molecular formula is C39H51N3. The summed E-state index contributed by atoms with van der Waals surface area (Å²) < 4.78 is 2.43. The first-order valence-corrected chi connectivity index (χ1v) is 16.1. The first kappa shape index (κ1) is 31.6. The summed E-state index contributed by atoms with van der Waals surface area (Å²) in [5, 5.41) is 10.0. The lowest BCUT2D eigenvalue weighted by Crippen LogP contribution is -2.40. The van der Waals surface area contributed by atoms with Crippen molar-refractivity contribution < 1.29 is 0 Å². The molecule has 0 spiro atoms. The van der Waals surface area contributed by atoms with Gasteiger partial charge in [-0.05, 0) is 89.3 Å². The van der Waals surface area contributed by atoms with Crippen LogP contribution in [0.25, 0.3) is 28.1 Å². The Hall–Kier alpha value is -3.38. The predicted octanol–water partition coefficient (Wildman–Crippen LogP) is 10.8. The summed E-state index contributed by atoms with van der Waals surface area (Å²) in [7, 11) is 0. The van der Waals surface area contributed by atoms with E-state index >= 15 is 0 Å². The number of hydrogen-bond donors (Lipinski definition) is 0. The van der Waals surface area contributed by atoms with Gasteiger partial charge in [-0.3, -0.25) is 4.57 Å². The molecule has 0 amide bonds. The lowest BCUT2D eigenvalue weighted by atomic mass is 9.58. The Morgan fingerprint density at radius 3 is 1.95 bits per heavy atom. The molecule has 42 heavy (non-hydrogen) atoms. The van der Waals surface area contributed by atoms with Crippen molar-refractivity contribution in [3.05, 3.63) is 82.9 Å². The topological polar surface area (TPSA) is 41.6 Å². The van der Waals surface area contributed by atoms with Crippen LogP contribution in [-0.4, -0.2) is 9.55 Å². The molecule has 0 N–H and O–H groups in total. The second-order valence-corrected chi connectivity index (χ2v) is 14.0. The molecule has 3 aromatic carbocycles. The van der Waals surface area contributed by atoms with Crippen molar-refractivity contribution in [1.29, 1.82) is 5.26 Å². The zero-order chi connectivity index (χ0) is 30.7. The van der Waals surface area contributed by atoms with Crippen LogP contribution in [0, 0.1) is 28.6 Å².